The van der Waals surface area contributed by atoms with Crippen LogP contribution in [0.5, 0.6) is 0 Å². The first-order valence-electron chi connectivity index (χ1n) is 5.78. The highest BCUT2D eigenvalue weighted by Gasteiger charge is 2.31. The first-order chi connectivity index (χ1) is 7.31. The van der Waals surface area contributed by atoms with Crippen LogP contribution in [0, 0.1) is 11.8 Å². The molecular weight excluding hydrogens is 194 g/mol. The molecule has 15 heavy (non-hydrogen) atoms. The van der Waals surface area contributed by atoms with Crippen molar-refractivity contribution in [2.75, 3.05) is 32.9 Å². The number of aliphatic hydroxyl groups is 1. The minimum Gasteiger partial charge on any atom is -0.396 e. The van der Waals surface area contributed by atoms with Gasteiger partial charge >= 0.3 is 0 Å². The molecule has 2 aliphatic rings. The Labute approximate surface area is 90.2 Å². The van der Waals surface area contributed by atoms with Gasteiger partial charge in [-0.05, 0) is 19.3 Å². The summed E-state index contributed by atoms with van der Waals surface area (Å²) in [6.07, 6.45) is 2.67. The molecule has 0 aromatic rings. The minimum atomic E-state index is 0.163. The Morgan fingerprint density at radius 3 is 2.67 bits per heavy atom. The second-order valence-electron chi connectivity index (χ2n) is 4.51. The van der Waals surface area contributed by atoms with Crippen LogP contribution in [0.25, 0.3) is 0 Å². The van der Waals surface area contributed by atoms with Crippen molar-refractivity contribution in [1.82, 2.24) is 4.90 Å². The number of likely N-dealkylation sites (tertiary alicyclic amines) is 1. The van der Waals surface area contributed by atoms with Crippen LogP contribution in [-0.2, 0) is 9.53 Å². The predicted molar refractivity (Wildman–Crippen MR) is 55.3 cm³/mol. The summed E-state index contributed by atoms with van der Waals surface area (Å²) in [5.74, 6) is 0.735. The van der Waals surface area contributed by atoms with Gasteiger partial charge in [0.15, 0.2) is 0 Å². The Balaban J connectivity index is 1.85. The van der Waals surface area contributed by atoms with E-state index in [4.69, 9.17) is 9.84 Å². The molecule has 86 valence electrons. The smallest absolute Gasteiger partial charge is 0.225 e. The van der Waals surface area contributed by atoms with Gasteiger partial charge in [0, 0.05) is 44.7 Å². The van der Waals surface area contributed by atoms with Crippen molar-refractivity contribution in [2.45, 2.75) is 19.3 Å². The van der Waals surface area contributed by atoms with Crippen LogP contribution in [0.2, 0.25) is 0 Å². The number of carbonyl (C=O) groups excluding carboxylic acids is 1. The highest BCUT2D eigenvalue weighted by atomic mass is 16.5. The van der Waals surface area contributed by atoms with Crippen molar-refractivity contribution in [2.24, 2.45) is 11.8 Å². The summed E-state index contributed by atoms with van der Waals surface area (Å²) in [6, 6.07) is 0. The third-order valence-electron chi connectivity index (χ3n) is 3.43. The van der Waals surface area contributed by atoms with Crippen LogP contribution in [0.3, 0.4) is 0 Å². The van der Waals surface area contributed by atoms with Gasteiger partial charge in [-0.3, -0.25) is 4.79 Å². The summed E-state index contributed by atoms with van der Waals surface area (Å²) < 4.78 is 5.24. The van der Waals surface area contributed by atoms with Gasteiger partial charge in [-0.2, -0.15) is 0 Å². The Kier molecular flexibility index (Phi) is 3.59. The summed E-state index contributed by atoms with van der Waals surface area (Å²) in [6.45, 7) is 3.20. The fraction of sp³-hybridized carbons (Fsp3) is 0.909. The molecule has 4 heteroatoms. The summed E-state index contributed by atoms with van der Waals surface area (Å²) in [4.78, 5) is 14.0. The Hall–Kier alpha value is -0.610. The molecule has 2 fully saturated rings. The largest absolute Gasteiger partial charge is 0.396 e. The van der Waals surface area contributed by atoms with Gasteiger partial charge in [0.2, 0.25) is 5.91 Å². The first-order valence-corrected chi connectivity index (χ1v) is 5.78. The van der Waals surface area contributed by atoms with E-state index in [1.165, 1.54) is 0 Å². The third kappa shape index (κ3) is 2.49. The average Bonchev–Trinajstić information content (AvgIpc) is 2.78. The molecule has 1 unspecified atom stereocenters. The van der Waals surface area contributed by atoms with Crippen molar-refractivity contribution >= 4 is 5.91 Å². The summed E-state index contributed by atoms with van der Waals surface area (Å²) >= 11 is 0. The molecule has 4 nitrogen and oxygen atoms in total. The molecule has 0 bridgehead atoms. The van der Waals surface area contributed by atoms with E-state index in [-0.39, 0.29) is 18.4 Å². The van der Waals surface area contributed by atoms with Gasteiger partial charge in [-0.1, -0.05) is 0 Å². The minimum absolute atomic E-state index is 0.163. The van der Waals surface area contributed by atoms with Crippen LogP contribution in [0.1, 0.15) is 19.3 Å². The molecule has 2 saturated heterocycles. The molecule has 0 spiro atoms. The monoisotopic (exact) mass is 213 g/mol. The second kappa shape index (κ2) is 4.94. The first kappa shape index (κ1) is 10.9. The predicted octanol–water partition coefficient (Wildman–Crippen LogP) is 0.254. The van der Waals surface area contributed by atoms with Gasteiger partial charge in [0.25, 0.3) is 0 Å². The maximum Gasteiger partial charge on any atom is 0.225 e. The van der Waals surface area contributed by atoms with Crippen LogP contribution in [0.4, 0.5) is 0 Å². The molecule has 1 amide bonds. The van der Waals surface area contributed by atoms with E-state index in [1.807, 2.05) is 4.90 Å². The fourth-order valence-corrected chi connectivity index (χ4v) is 2.38. The topological polar surface area (TPSA) is 49.8 Å². The molecule has 0 saturated carbocycles. The number of amides is 1. The Morgan fingerprint density at radius 2 is 2.07 bits per heavy atom. The molecule has 0 aromatic heterocycles. The summed E-state index contributed by atoms with van der Waals surface area (Å²) in [5.41, 5.74) is 0. The van der Waals surface area contributed by atoms with Crippen LogP contribution >= 0.6 is 0 Å². The zero-order chi connectivity index (χ0) is 10.7. The Bertz CT molecular complexity index is 226. The van der Waals surface area contributed by atoms with Crippen molar-refractivity contribution in [3.63, 3.8) is 0 Å². The maximum absolute atomic E-state index is 12.1. The number of rotatable bonds is 2. The van der Waals surface area contributed by atoms with Crippen LogP contribution in [0.15, 0.2) is 0 Å². The average molecular weight is 213 g/mol. The molecule has 1 N–H and O–H groups in total. The highest BCUT2D eigenvalue weighted by Crippen LogP contribution is 2.22. The Morgan fingerprint density at radius 1 is 1.33 bits per heavy atom. The van der Waals surface area contributed by atoms with Gasteiger partial charge in [-0.25, -0.2) is 0 Å². The van der Waals surface area contributed by atoms with E-state index < -0.39 is 0 Å². The van der Waals surface area contributed by atoms with E-state index >= 15 is 0 Å². The lowest BCUT2D eigenvalue weighted by molar-refractivity contribution is -0.137. The van der Waals surface area contributed by atoms with Crippen LogP contribution < -0.4 is 0 Å². The molecule has 2 aliphatic heterocycles. The third-order valence-corrected chi connectivity index (χ3v) is 3.43. The quantitative estimate of drug-likeness (QED) is 0.715. The number of aliphatic hydroxyl groups excluding tert-OH is 1. The number of hydrogen-bond acceptors (Lipinski definition) is 3. The molecule has 0 aromatic carbocycles. The summed E-state index contributed by atoms with van der Waals surface area (Å²) in [7, 11) is 0. The van der Waals surface area contributed by atoms with Crippen molar-refractivity contribution in [3.05, 3.63) is 0 Å². The van der Waals surface area contributed by atoms with E-state index in [2.05, 4.69) is 0 Å². The molecule has 2 rings (SSSR count). The number of ether oxygens (including phenoxy) is 1. The molecule has 1 atom stereocenters. The maximum atomic E-state index is 12.1. The van der Waals surface area contributed by atoms with Crippen molar-refractivity contribution in [3.8, 4) is 0 Å². The SMILES string of the molecule is O=C(C1CCOCC1)N1CCC(CO)C1. The van der Waals surface area contributed by atoms with Crippen LogP contribution in [-0.4, -0.2) is 48.8 Å². The standard InChI is InChI=1S/C11H19NO3/c13-8-9-1-4-12(7-9)11(14)10-2-5-15-6-3-10/h9-10,13H,1-8H2. The van der Waals surface area contributed by atoms with Gasteiger partial charge in [-0.15, -0.1) is 0 Å². The van der Waals surface area contributed by atoms with Gasteiger partial charge in [0.1, 0.15) is 0 Å². The zero-order valence-corrected chi connectivity index (χ0v) is 9.02. The fourth-order valence-electron chi connectivity index (χ4n) is 2.38. The normalized spacial score (nSPS) is 28.3. The number of nitrogens with zero attached hydrogens (tertiary/aromatic N) is 1. The van der Waals surface area contributed by atoms with E-state index in [9.17, 15) is 4.79 Å². The van der Waals surface area contributed by atoms with Crippen molar-refractivity contribution in [1.29, 1.82) is 0 Å². The van der Waals surface area contributed by atoms with E-state index in [0.29, 0.717) is 19.1 Å². The second-order valence-corrected chi connectivity index (χ2v) is 4.51. The lowest BCUT2D eigenvalue weighted by Gasteiger charge is -2.26. The molecular formula is C11H19NO3. The lowest BCUT2D eigenvalue weighted by atomic mass is 9.99. The zero-order valence-electron chi connectivity index (χ0n) is 9.02. The van der Waals surface area contributed by atoms with Gasteiger partial charge < -0.3 is 14.7 Å². The molecule has 0 aliphatic carbocycles. The van der Waals surface area contributed by atoms with E-state index in [0.717, 1.165) is 32.4 Å². The highest BCUT2D eigenvalue weighted by molar-refractivity contribution is 5.79. The van der Waals surface area contributed by atoms with Gasteiger partial charge in [0.05, 0.1) is 0 Å². The summed E-state index contributed by atoms with van der Waals surface area (Å²) in [5, 5.41) is 9.02. The molecule has 2 heterocycles. The number of carbonyl (C=O) groups is 1. The van der Waals surface area contributed by atoms with Crippen molar-refractivity contribution < 1.29 is 14.6 Å². The number of hydrogen-bond donors (Lipinski definition) is 1. The molecule has 0 radical (unpaired) electrons. The van der Waals surface area contributed by atoms with E-state index in [1.54, 1.807) is 0 Å². The lowest BCUT2D eigenvalue weighted by Crippen LogP contribution is -2.37.